The molecule has 1 aliphatic rings. The number of nitrogens with one attached hydrogen (secondary N) is 1. The van der Waals surface area contributed by atoms with E-state index in [4.69, 9.17) is 9.47 Å². The van der Waals surface area contributed by atoms with Crippen molar-refractivity contribution in [2.75, 3.05) is 20.8 Å². The quantitative estimate of drug-likeness (QED) is 0.855. The molecule has 1 aromatic carbocycles. The molecule has 3 nitrogen and oxygen atoms in total. The minimum atomic E-state index is 0.333. The van der Waals surface area contributed by atoms with E-state index in [0.717, 1.165) is 25.2 Å². The van der Waals surface area contributed by atoms with Gasteiger partial charge < -0.3 is 14.8 Å². The molecule has 19 heavy (non-hydrogen) atoms. The molecule has 2 unspecified atom stereocenters. The number of benzene rings is 1. The second-order valence-corrected chi connectivity index (χ2v) is 5.30. The molecule has 0 spiro atoms. The molecule has 1 aliphatic heterocycles. The second kappa shape index (κ2) is 6.92. The molecular weight excluding hydrogens is 238 g/mol. The average Bonchev–Trinajstić information content (AvgIpc) is 2.93. The minimum Gasteiger partial charge on any atom is -0.496 e. The maximum atomic E-state index is 5.70. The van der Waals surface area contributed by atoms with E-state index in [9.17, 15) is 0 Å². The number of hydrogen-bond acceptors (Lipinski definition) is 3. The molecule has 106 valence electrons. The lowest BCUT2D eigenvalue weighted by Gasteiger charge is -2.21. The molecule has 1 aromatic rings. The summed E-state index contributed by atoms with van der Waals surface area (Å²) in [6.07, 6.45) is 5.07. The van der Waals surface area contributed by atoms with E-state index in [1.807, 2.05) is 7.05 Å². The first-order valence-corrected chi connectivity index (χ1v) is 7.18. The summed E-state index contributed by atoms with van der Waals surface area (Å²) in [6.45, 7) is 3.02. The number of rotatable bonds is 6. The third kappa shape index (κ3) is 3.71. The summed E-state index contributed by atoms with van der Waals surface area (Å²) >= 11 is 0. The highest BCUT2D eigenvalue weighted by Gasteiger charge is 2.20. The molecule has 0 saturated carbocycles. The molecule has 0 bridgehead atoms. The first kappa shape index (κ1) is 14.4. The zero-order valence-electron chi connectivity index (χ0n) is 12.2. The van der Waals surface area contributed by atoms with Gasteiger partial charge in [0.1, 0.15) is 5.75 Å². The van der Waals surface area contributed by atoms with E-state index in [-0.39, 0.29) is 0 Å². The lowest BCUT2D eigenvalue weighted by molar-refractivity contribution is 0.0997. The van der Waals surface area contributed by atoms with Crippen molar-refractivity contribution in [2.24, 2.45) is 0 Å². The van der Waals surface area contributed by atoms with Gasteiger partial charge in [-0.15, -0.1) is 0 Å². The minimum absolute atomic E-state index is 0.333. The lowest BCUT2D eigenvalue weighted by atomic mass is 9.97. The molecular formula is C16H25NO2. The summed E-state index contributed by atoms with van der Waals surface area (Å²) in [5.74, 6) is 0.978. The maximum absolute atomic E-state index is 5.70. The molecule has 1 saturated heterocycles. The summed E-state index contributed by atoms with van der Waals surface area (Å²) < 4.78 is 11.2. The Morgan fingerprint density at radius 1 is 1.47 bits per heavy atom. The van der Waals surface area contributed by atoms with Crippen LogP contribution in [-0.4, -0.2) is 26.9 Å². The van der Waals surface area contributed by atoms with Crippen LogP contribution in [-0.2, 0) is 4.74 Å². The monoisotopic (exact) mass is 263 g/mol. The Hall–Kier alpha value is -1.06. The zero-order chi connectivity index (χ0) is 13.7. The maximum Gasteiger partial charge on any atom is 0.123 e. The highest BCUT2D eigenvalue weighted by Crippen LogP contribution is 2.30. The van der Waals surface area contributed by atoms with Crippen molar-refractivity contribution < 1.29 is 9.47 Å². The van der Waals surface area contributed by atoms with Crippen LogP contribution in [0.1, 0.15) is 42.9 Å². The molecule has 0 aromatic heterocycles. The van der Waals surface area contributed by atoms with Gasteiger partial charge in [-0.3, -0.25) is 0 Å². The van der Waals surface area contributed by atoms with Crippen molar-refractivity contribution in [3.05, 3.63) is 29.3 Å². The van der Waals surface area contributed by atoms with E-state index >= 15 is 0 Å². The van der Waals surface area contributed by atoms with Crippen molar-refractivity contribution in [3.8, 4) is 5.75 Å². The summed E-state index contributed by atoms with van der Waals surface area (Å²) in [4.78, 5) is 0. The predicted octanol–water partition coefficient (Wildman–Crippen LogP) is 3.22. The summed E-state index contributed by atoms with van der Waals surface area (Å²) in [6, 6.07) is 6.75. The van der Waals surface area contributed by atoms with Crippen LogP contribution in [0.15, 0.2) is 18.2 Å². The van der Waals surface area contributed by atoms with Gasteiger partial charge in [0.25, 0.3) is 0 Å². The molecule has 0 radical (unpaired) electrons. The Kier molecular flexibility index (Phi) is 5.23. The van der Waals surface area contributed by atoms with Crippen LogP contribution in [0.25, 0.3) is 0 Å². The smallest absolute Gasteiger partial charge is 0.123 e. The fourth-order valence-corrected chi connectivity index (χ4v) is 2.79. The Morgan fingerprint density at radius 2 is 2.32 bits per heavy atom. The molecule has 1 fully saturated rings. The fourth-order valence-electron chi connectivity index (χ4n) is 2.79. The fraction of sp³-hybridized carbons (Fsp3) is 0.625. The van der Waals surface area contributed by atoms with Crippen molar-refractivity contribution in [1.29, 1.82) is 0 Å². The molecule has 3 heteroatoms. The number of ether oxygens (including phenoxy) is 2. The Morgan fingerprint density at radius 3 is 2.95 bits per heavy atom. The number of aryl methyl sites for hydroxylation is 1. The van der Waals surface area contributed by atoms with Crippen LogP contribution in [0.3, 0.4) is 0 Å². The SMILES string of the molecule is CNC(CCC1CCCO1)c1ccc(C)cc1OC. The van der Waals surface area contributed by atoms with E-state index in [0.29, 0.717) is 12.1 Å². The van der Waals surface area contributed by atoms with Gasteiger partial charge in [0, 0.05) is 18.2 Å². The van der Waals surface area contributed by atoms with Gasteiger partial charge in [0.05, 0.1) is 13.2 Å². The van der Waals surface area contributed by atoms with Crippen molar-refractivity contribution in [1.82, 2.24) is 5.32 Å². The zero-order valence-corrected chi connectivity index (χ0v) is 12.2. The number of methoxy groups -OCH3 is 1. The molecule has 2 rings (SSSR count). The summed E-state index contributed by atoms with van der Waals surface area (Å²) in [5.41, 5.74) is 2.48. The van der Waals surface area contributed by atoms with Crippen molar-refractivity contribution in [3.63, 3.8) is 0 Å². The van der Waals surface area contributed by atoms with Crippen LogP contribution in [0, 0.1) is 6.92 Å². The van der Waals surface area contributed by atoms with Gasteiger partial charge >= 0.3 is 0 Å². The van der Waals surface area contributed by atoms with Gasteiger partial charge in [0.2, 0.25) is 0 Å². The van der Waals surface area contributed by atoms with Crippen LogP contribution in [0.2, 0.25) is 0 Å². The van der Waals surface area contributed by atoms with Gasteiger partial charge in [-0.1, -0.05) is 12.1 Å². The predicted molar refractivity (Wildman–Crippen MR) is 77.7 cm³/mol. The molecule has 2 atom stereocenters. The Bertz CT molecular complexity index is 400. The third-order valence-corrected chi connectivity index (χ3v) is 3.91. The molecule has 0 aliphatic carbocycles. The van der Waals surface area contributed by atoms with Gasteiger partial charge in [-0.25, -0.2) is 0 Å². The van der Waals surface area contributed by atoms with E-state index in [1.54, 1.807) is 7.11 Å². The second-order valence-electron chi connectivity index (χ2n) is 5.30. The number of hydrogen-bond donors (Lipinski definition) is 1. The highest BCUT2D eigenvalue weighted by molar-refractivity contribution is 5.39. The van der Waals surface area contributed by atoms with Crippen LogP contribution >= 0.6 is 0 Å². The summed E-state index contributed by atoms with van der Waals surface area (Å²) in [7, 11) is 3.75. The standard InChI is InChI=1S/C16H25NO2/c1-12-6-8-14(16(11-12)18-3)15(17-2)9-7-13-5-4-10-19-13/h6,8,11,13,15,17H,4-5,7,9-10H2,1-3H3. The summed E-state index contributed by atoms with van der Waals surface area (Å²) in [5, 5.41) is 3.40. The molecule has 0 amide bonds. The highest BCUT2D eigenvalue weighted by atomic mass is 16.5. The van der Waals surface area contributed by atoms with Crippen LogP contribution < -0.4 is 10.1 Å². The van der Waals surface area contributed by atoms with Gasteiger partial charge in [-0.2, -0.15) is 0 Å². The first-order chi connectivity index (χ1) is 9.24. The van der Waals surface area contributed by atoms with E-state index in [2.05, 4.69) is 30.4 Å². The topological polar surface area (TPSA) is 30.5 Å². The average molecular weight is 263 g/mol. The Labute approximate surface area is 116 Å². The van der Waals surface area contributed by atoms with E-state index in [1.165, 1.54) is 24.0 Å². The largest absolute Gasteiger partial charge is 0.496 e. The van der Waals surface area contributed by atoms with Crippen LogP contribution in [0.5, 0.6) is 5.75 Å². The first-order valence-electron chi connectivity index (χ1n) is 7.18. The molecule has 1 N–H and O–H groups in total. The lowest BCUT2D eigenvalue weighted by Crippen LogP contribution is -2.19. The normalized spacial score (nSPS) is 20.5. The van der Waals surface area contributed by atoms with E-state index < -0.39 is 0 Å². The van der Waals surface area contributed by atoms with Gasteiger partial charge in [0.15, 0.2) is 0 Å². The Balaban J connectivity index is 2.03. The van der Waals surface area contributed by atoms with Crippen molar-refractivity contribution in [2.45, 2.75) is 44.8 Å². The van der Waals surface area contributed by atoms with Gasteiger partial charge in [-0.05, 0) is 51.3 Å². The van der Waals surface area contributed by atoms with Crippen molar-refractivity contribution >= 4 is 0 Å². The van der Waals surface area contributed by atoms with Crippen LogP contribution in [0.4, 0.5) is 0 Å². The molecule has 1 heterocycles. The third-order valence-electron chi connectivity index (χ3n) is 3.91.